The van der Waals surface area contributed by atoms with Crippen LogP contribution < -0.4 is 0 Å². The zero-order valence-corrected chi connectivity index (χ0v) is 21.8. The smallest absolute Gasteiger partial charge is 0.333 e. The minimum absolute atomic E-state index is 0.00529. The van der Waals surface area contributed by atoms with E-state index in [4.69, 9.17) is 0 Å². The van der Waals surface area contributed by atoms with Crippen LogP contribution in [-0.4, -0.2) is 58.7 Å². The van der Waals surface area contributed by atoms with Crippen molar-refractivity contribution in [2.24, 2.45) is 0 Å². The van der Waals surface area contributed by atoms with Gasteiger partial charge in [-0.15, -0.1) is 0 Å². The molecule has 0 radical (unpaired) electrons. The van der Waals surface area contributed by atoms with E-state index in [1.807, 2.05) is 36.9 Å². The van der Waals surface area contributed by atoms with Gasteiger partial charge in [0.25, 0.3) is 5.91 Å². The van der Waals surface area contributed by atoms with Crippen molar-refractivity contribution in [3.05, 3.63) is 99.9 Å². The van der Waals surface area contributed by atoms with Crippen LogP contribution in [0.3, 0.4) is 0 Å². The number of aromatic nitrogens is 1. The van der Waals surface area contributed by atoms with Crippen LogP contribution in [0.25, 0.3) is 0 Å². The van der Waals surface area contributed by atoms with E-state index in [1.165, 1.54) is 11.1 Å². The first-order chi connectivity index (χ1) is 18.7. The summed E-state index contributed by atoms with van der Waals surface area (Å²) in [5.41, 5.74) is -0.460. The third-order valence-corrected chi connectivity index (χ3v) is 7.06. The number of alkyl halides is 6. The number of pyridine rings is 1. The molecule has 1 fully saturated rings. The first-order valence-electron chi connectivity index (χ1n) is 12.5. The summed E-state index contributed by atoms with van der Waals surface area (Å²) in [6.45, 7) is 4.32. The number of ketones is 1. The molecule has 2 heterocycles. The molecule has 0 aliphatic carbocycles. The molecule has 0 bridgehead atoms. The zero-order chi connectivity index (χ0) is 29.2. The SMILES string of the molecule is Cc1ccc(CC2CN(CC(=O)c3cccnc3)CCN2C(=O)c2cc(C(F)(F)F)cc(C(F)(F)F)c2)cc1C. The number of amides is 1. The lowest BCUT2D eigenvalue weighted by atomic mass is 9.97. The number of piperazine rings is 1. The van der Waals surface area contributed by atoms with Crippen LogP contribution in [-0.2, 0) is 18.8 Å². The minimum Gasteiger partial charge on any atom is -0.333 e. The number of carbonyl (C=O) groups excluding carboxylic acids is 2. The van der Waals surface area contributed by atoms with Crippen molar-refractivity contribution < 1.29 is 35.9 Å². The van der Waals surface area contributed by atoms with Gasteiger partial charge in [-0.05, 0) is 67.3 Å². The number of nitrogens with zero attached hydrogens (tertiary/aromatic N) is 3. The molecule has 1 amide bonds. The highest BCUT2D eigenvalue weighted by Crippen LogP contribution is 2.37. The molecular weight excluding hydrogens is 536 g/mol. The van der Waals surface area contributed by atoms with Crippen molar-refractivity contribution in [3.8, 4) is 0 Å². The Balaban J connectivity index is 1.65. The lowest BCUT2D eigenvalue weighted by molar-refractivity contribution is -0.143. The van der Waals surface area contributed by atoms with E-state index >= 15 is 0 Å². The monoisotopic (exact) mass is 563 g/mol. The topological polar surface area (TPSA) is 53.5 Å². The molecule has 212 valence electrons. The van der Waals surface area contributed by atoms with E-state index in [-0.39, 0.29) is 38.0 Å². The van der Waals surface area contributed by atoms with Crippen LogP contribution in [0, 0.1) is 13.8 Å². The summed E-state index contributed by atoms with van der Waals surface area (Å²) in [5, 5.41) is 0. The first kappa shape index (κ1) is 29.3. The van der Waals surface area contributed by atoms with Crippen molar-refractivity contribution in [3.63, 3.8) is 0 Å². The number of Topliss-reactive ketones (excluding diaryl/α,β-unsaturated/α-hetero) is 1. The normalized spacial score (nSPS) is 16.7. The number of hydrogen-bond donors (Lipinski definition) is 0. The van der Waals surface area contributed by atoms with Gasteiger partial charge in [0.15, 0.2) is 5.78 Å². The van der Waals surface area contributed by atoms with Gasteiger partial charge in [0.05, 0.1) is 17.7 Å². The molecule has 1 aromatic heterocycles. The van der Waals surface area contributed by atoms with E-state index in [0.29, 0.717) is 24.1 Å². The second kappa shape index (κ2) is 11.4. The summed E-state index contributed by atoms with van der Waals surface area (Å²) in [4.78, 5) is 33.4. The molecule has 1 atom stereocenters. The molecule has 1 aliphatic heterocycles. The Hall–Kier alpha value is -3.73. The summed E-state index contributed by atoms with van der Waals surface area (Å²) in [6, 6.07) is 9.31. The van der Waals surface area contributed by atoms with Crippen LogP contribution in [0.2, 0.25) is 0 Å². The lowest BCUT2D eigenvalue weighted by Crippen LogP contribution is -2.56. The van der Waals surface area contributed by atoms with Gasteiger partial charge >= 0.3 is 12.4 Å². The Labute approximate surface area is 227 Å². The van der Waals surface area contributed by atoms with Gasteiger partial charge in [-0.3, -0.25) is 19.5 Å². The number of carbonyl (C=O) groups is 2. The van der Waals surface area contributed by atoms with Gasteiger partial charge in [0.2, 0.25) is 0 Å². The fourth-order valence-electron chi connectivity index (χ4n) is 4.77. The fourth-order valence-corrected chi connectivity index (χ4v) is 4.77. The van der Waals surface area contributed by atoms with E-state index in [9.17, 15) is 35.9 Å². The van der Waals surface area contributed by atoms with E-state index in [0.717, 1.165) is 16.7 Å². The molecule has 3 aromatic rings. The number of hydrogen-bond acceptors (Lipinski definition) is 4. The highest BCUT2D eigenvalue weighted by atomic mass is 19.4. The summed E-state index contributed by atoms with van der Waals surface area (Å²) in [7, 11) is 0. The van der Waals surface area contributed by atoms with Gasteiger partial charge in [-0.2, -0.15) is 26.3 Å². The maximum atomic E-state index is 13.5. The Morgan fingerprint density at radius 3 is 2.12 bits per heavy atom. The summed E-state index contributed by atoms with van der Waals surface area (Å²) in [6.07, 6.45) is -6.85. The second-order valence-corrected chi connectivity index (χ2v) is 9.97. The zero-order valence-electron chi connectivity index (χ0n) is 21.8. The average Bonchev–Trinajstić information content (AvgIpc) is 2.90. The number of aryl methyl sites for hydroxylation is 2. The van der Waals surface area contributed by atoms with Crippen molar-refractivity contribution in [2.45, 2.75) is 38.7 Å². The average molecular weight is 564 g/mol. The molecule has 0 saturated carbocycles. The van der Waals surface area contributed by atoms with Gasteiger partial charge < -0.3 is 4.90 Å². The molecule has 0 spiro atoms. The minimum atomic E-state index is -5.07. The van der Waals surface area contributed by atoms with Crippen molar-refractivity contribution in [1.82, 2.24) is 14.8 Å². The predicted molar refractivity (Wildman–Crippen MR) is 136 cm³/mol. The predicted octanol–water partition coefficient (Wildman–Crippen LogP) is 5.99. The molecule has 4 rings (SSSR count). The Morgan fingerprint density at radius 1 is 0.875 bits per heavy atom. The number of benzene rings is 2. The van der Waals surface area contributed by atoms with Crippen molar-refractivity contribution in [2.75, 3.05) is 26.2 Å². The summed E-state index contributed by atoms with van der Waals surface area (Å²) >= 11 is 0. The maximum absolute atomic E-state index is 13.5. The highest BCUT2D eigenvalue weighted by Gasteiger charge is 2.39. The van der Waals surface area contributed by atoms with Crippen LogP contribution in [0.5, 0.6) is 0 Å². The first-order valence-corrected chi connectivity index (χ1v) is 12.5. The number of halogens is 6. The largest absolute Gasteiger partial charge is 0.416 e. The third-order valence-electron chi connectivity index (χ3n) is 7.06. The van der Waals surface area contributed by atoms with Crippen LogP contribution in [0.4, 0.5) is 26.3 Å². The fraction of sp³-hybridized carbons (Fsp3) is 0.345. The second-order valence-electron chi connectivity index (χ2n) is 9.97. The van der Waals surface area contributed by atoms with E-state index < -0.39 is 41.0 Å². The van der Waals surface area contributed by atoms with Crippen molar-refractivity contribution >= 4 is 11.7 Å². The Kier molecular flexibility index (Phi) is 8.34. The van der Waals surface area contributed by atoms with Crippen LogP contribution >= 0.6 is 0 Å². The molecule has 5 nitrogen and oxygen atoms in total. The lowest BCUT2D eigenvalue weighted by Gasteiger charge is -2.41. The Morgan fingerprint density at radius 2 is 1.55 bits per heavy atom. The molecule has 1 saturated heterocycles. The highest BCUT2D eigenvalue weighted by molar-refractivity contribution is 5.97. The molecule has 1 unspecified atom stereocenters. The quantitative estimate of drug-likeness (QED) is 0.273. The van der Waals surface area contributed by atoms with E-state index in [1.54, 1.807) is 18.3 Å². The standard InChI is InChI=1S/C29H27F6N3O2/c1-18-5-6-20(10-19(18)2)11-25-16-37(17-26(39)21-4-3-7-36-15-21)8-9-38(25)27(40)22-12-23(28(30,31)32)14-24(13-22)29(33,34)35/h3-7,10,12-15,25H,8-9,11,16-17H2,1-2H3. The molecule has 0 N–H and O–H groups in total. The van der Waals surface area contributed by atoms with Crippen molar-refractivity contribution in [1.29, 1.82) is 0 Å². The molecule has 2 aromatic carbocycles. The Bertz CT molecular complexity index is 1360. The van der Waals surface area contributed by atoms with Gasteiger partial charge in [0, 0.05) is 49.2 Å². The van der Waals surface area contributed by atoms with Gasteiger partial charge in [0.1, 0.15) is 0 Å². The van der Waals surface area contributed by atoms with Crippen LogP contribution in [0.1, 0.15) is 48.5 Å². The molecule has 1 aliphatic rings. The molecule has 11 heteroatoms. The number of rotatable bonds is 6. The van der Waals surface area contributed by atoms with Crippen LogP contribution in [0.15, 0.2) is 60.9 Å². The molecular formula is C29H27F6N3O2. The summed E-state index contributed by atoms with van der Waals surface area (Å²) in [5.74, 6) is -1.12. The van der Waals surface area contributed by atoms with Gasteiger partial charge in [-0.25, -0.2) is 0 Å². The summed E-state index contributed by atoms with van der Waals surface area (Å²) < 4.78 is 80.7. The third kappa shape index (κ3) is 6.88. The molecule has 40 heavy (non-hydrogen) atoms. The maximum Gasteiger partial charge on any atom is 0.416 e. The van der Waals surface area contributed by atoms with Gasteiger partial charge in [-0.1, -0.05) is 18.2 Å². The van der Waals surface area contributed by atoms with E-state index in [2.05, 4.69) is 4.98 Å².